The van der Waals surface area contributed by atoms with Crippen molar-refractivity contribution < 1.29 is 19.4 Å². The molecule has 1 aliphatic rings. The van der Waals surface area contributed by atoms with Crippen LogP contribution in [0, 0.1) is 0 Å². The first kappa shape index (κ1) is 18.7. The average Bonchev–Trinajstić information content (AvgIpc) is 2.67. The van der Waals surface area contributed by atoms with E-state index < -0.39 is 0 Å². The summed E-state index contributed by atoms with van der Waals surface area (Å²) in [7, 11) is 1.49. The van der Waals surface area contributed by atoms with Crippen LogP contribution in [0.25, 0.3) is 0 Å². The molecule has 1 unspecified atom stereocenters. The molecule has 1 atom stereocenters. The summed E-state index contributed by atoms with van der Waals surface area (Å²) in [5.41, 5.74) is 2.21. The van der Waals surface area contributed by atoms with E-state index in [2.05, 4.69) is 26.6 Å². The molecule has 6 nitrogen and oxygen atoms in total. The topological polar surface area (TPSA) is 79.8 Å². The van der Waals surface area contributed by atoms with Crippen LogP contribution < -0.4 is 15.4 Å². The van der Waals surface area contributed by atoms with Gasteiger partial charge in [0, 0.05) is 29.7 Å². The number of carbonyl (C=O) groups excluding carboxylic acids is 1. The third-order valence-corrected chi connectivity index (χ3v) is 4.72. The van der Waals surface area contributed by atoms with Crippen molar-refractivity contribution >= 4 is 21.8 Å². The summed E-state index contributed by atoms with van der Waals surface area (Å²) >= 11 is 3.43. The Morgan fingerprint density at radius 3 is 2.92 bits per heavy atom. The first-order valence-electron chi connectivity index (χ1n) is 8.34. The highest BCUT2D eigenvalue weighted by atomic mass is 79.9. The van der Waals surface area contributed by atoms with Crippen LogP contribution in [0.15, 0.2) is 40.9 Å². The molecule has 3 rings (SSSR count). The SMILES string of the molecule is COc1ccc(CNC(=O)c2cc(Br)ccc2C2CNCCO2)cc1O. The Morgan fingerprint density at radius 2 is 2.23 bits per heavy atom. The Labute approximate surface area is 160 Å². The Morgan fingerprint density at radius 1 is 1.38 bits per heavy atom. The Hall–Kier alpha value is -2.09. The fraction of sp³-hybridized carbons (Fsp3) is 0.316. The van der Waals surface area contributed by atoms with Crippen LogP contribution in [-0.4, -0.2) is 37.8 Å². The van der Waals surface area contributed by atoms with E-state index in [-0.39, 0.29) is 17.8 Å². The normalized spacial score (nSPS) is 16.9. The lowest BCUT2D eigenvalue weighted by atomic mass is 10.0. The molecule has 0 aliphatic carbocycles. The number of morpholine rings is 1. The van der Waals surface area contributed by atoms with Crippen LogP contribution in [0.1, 0.15) is 27.6 Å². The van der Waals surface area contributed by atoms with Gasteiger partial charge >= 0.3 is 0 Å². The van der Waals surface area contributed by atoms with Crippen molar-refractivity contribution in [3.05, 3.63) is 57.6 Å². The predicted molar refractivity (Wildman–Crippen MR) is 102 cm³/mol. The summed E-state index contributed by atoms with van der Waals surface area (Å²) in [6.45, 7) is 2.41. The van der Waals surface area contributed by atoms with E-state index in [4.69, 9.17) is 9.47 Å². The summed E-state index contributed by atoms with van der Waals surface area (Å²) < 4.78 is 11.7. The van der Waals surface area contributed by atoms with Gasteiger partial charge in [0.25, 0.3) is 5.91 Å². The van der Waals surface area contributed by atoms with Gasteiger partial charge in [0.1, 0.15) is 0 Å². The number of methoxy groups -OCH3 is 1. The maximum Gasteiger partial charge on any atom is 0.251 e. The number of aromatic hydroxyl groups is 1. The molecule has 7 heteroatoms. The molecule has 0 aromatic heterocycles. The highest BCUT2D eigenvalue weighted by Gasteiger charge is 2.22. The number of phenolic OH excluding ortho intramolecular Hbond substituents is 1. The lowest BCUT2D eigenvalue weighted by Crippen LogP contribution is -2.35. The molecular formula is C19H21BrN2O4. The maximum atomic E-state index is 12.7. The number of benzene rings is 2. The summed E-state index contributed by atoms with van der Waals surface area (Å²) in [6.07, 6.45) is -0.150. The molecule has 3 N–H and O–H groups in total. The van der Waals surface area contributed by atoms with E-state index in [0.717, 1.165) is 22.1 Å². The fourth-order valence-electron chi connectivity index (χ4n) is 2.89. The molecule has 1 saturated heterocycles. The molecule has 138 valence electrons. The molecule has 1 fully saturated rings. The molecule has 1 heterocycles. The average molecular weight is 421 g/mol. The van der Waals surface area contributed by atoms with Crippen molar-refractivity contribution in [2.75, 3.05) is 26.8 Å². The van der Waals surface area contributed by atoms with Gasteiger partial charge in [0.05, 0.1) is 19.8 Å². The van der Waals surface area contributed by atoms with Crippen LogP contribution in [0.3, 0.4) is 0 Å². The van der Waals surface area contributed by atoms with Crippen LogP contribution in [0.2, 0.25) is 0 Å². The minimum atomic E-state index is -0.189. The van der Waals surface area contributed by atoms with Crippen molar-refractivity contribution in [3.63, 3.8) is 0 Å². The highest BCUT2D eigenvalue weighted by Crippen LogP contribution is 2.27. The lowest BCUT2D eigenvalue weighted by molar-refractivity contribution is 0.0270. The summed E-state index contributed by atoms with van der Waals surface area (Å²) in [5, 5.41) is 16.0. The number of amides is 1. The van der Waals surface area contributed by atoms with Crippen LogP contribution in [0.5, 0.6) is 11.5 Å². The second-order valence-electron chi connectivity index (χ2n) is 5.98. The van der Waals surface area contributed by atoms with Crippen molar-refractivity contribution in [3.8, 4) is 11.5 Å². The molecule has 2 aromatic rings. The summed E-state index contributed by atoms with van der Waals surface area (Å²) in [5.74, 6) is 0.256. The number of ether oxygens (including phenoxy) is 2. The second kappa shape index (κ2) is 8.53. The highest BCUT2D eigenvalue weighted by molar-refractivity contribution is 9.10. The van der Waals surface area contributed by atoms with Crippen molar-refractivity contribution in [1.29, 1.82) is 0 Å². The van der Waals surface area contributed by atoms with E-state index in [9.17, 15) is 9.90 Å². The molecule has 26 heavy (non-hydrogen) atoms. The monoisotopic (exact) mass is 420 g/mol. The van der Waals surface area contributed by atoms with Crippen LogP contribution in [-0.2, 0) is 11.3 Å². The molecular weight excluding hydrogens is 400 g/mol. The summed E-state index contributed by atoms with van der Waals surface area (Å²) in [6, 6.07) is 10.7. The van der Waals surface area contributed by atoms with Crippen molar-refractivity contribution in [2.45, 2.75) is 12.6 Å². The zero-order valence-electron chi connectivity index (χ0n) is 14.4. The van der Waals surface area contributed by atoms with E-state index >= 15 is 0 Å². The molecule has 2 aromatic carbocycles. The van der Waals surface area contributed by atoms with Gasteiger partial charge in [-0.25, -0.2) is 0 Å². The van der Waals surface area contributed by atoms with Gasteiger partial charge in [-0.2, -0.15) is 0 Å². The van der Waals surface area contributed by atoms with E-state index in [1.165, 1.54) is 7.11 Å². The van der Waals surface area contributed by atoms with Gasteiger partial charge in [-0.1, -0.05) is 28.1 Å². The molecule has 1 amide bonds. The standard InChI is InChI=1S/C19H21BrN2O4/c1-25-17-5-2-12(8-16(17)23)10-22-19(24)15-9-13(20)3-4-14(15)18-11-21-6-7-26-18/h2-5,8-9,18,21,23H,6-7,10-11H2,1H3,(H,22,24). The Bertz CT molecular complexity index is 791. The molecule has 0 saturated carbocycles. The summed E-state index contributed by atoms with van der Waals surface area (Å²) in [4.78, 5) is 12.7. The first-order valence-corrected chi connectivity index (χ1v) is 9.13. The van der Waals surface area contributed by atoms with Crippen molar-refractivity contribution in [1.82, 2.24) is 10.6 Å². The number of halogens is 1. The number of phenols is 1. The molecule has 0 radical (unpaired) electrons. The minimum absolute atomic E-state index is 0.0454. The van der Waals surface area contributed by atoms with Gasteiger partial charge in [0.15, 0.2) is 11.5 Å². The van der Waals surface area contributed by atoms with Crippen LogP contribution in [0.4, 0.5) is 0 Å². The first-order chi connectivity index (χ1) is 12.6. The van der Waals surface area contributed by atoms with Crippen LogP contribution >= 0.6 is 15.9 Å². The smallest absolute Gasteiger partial charge is 0.251 e. The molecule has 0 spiro atoms. The largest absolute Gasteiger partial charge is 0.504 e. The number of carbonyl (C=O) groups is 1. The quantitative estimate of drug-likeness (QED) is 0.692. The molecule has 1 aliphatic heterocycles. The predicted octanol–water partition coefficient (Wildman–Crippen LogP) is 2.75. The Balaban J connectivity index is 1.74. The maximum absolute atomic E-state index is 12.7. The number of hydrogen-bond donors (Lipinski definition) is 3. The van der Waals surface area contributed by atoms with Gasteiger partial charge in [-0.3, -0.25) is 4.79 Å². The number of rotatable bonds is 5. The van der Waals surface area contributed by atoms with E-state index in [1.807, 2.05) is 12.1 Å². The number of nitrogens with one attached hydrogen (secondary N) is 2. The van der Waals surface area contributed by atoms with E-state index in [1.54, 1.807) is 24.3 Å². The van der Waals surface area contributed by atoms with Gasteiger partial charge in [-0.15, -0.1) is 0 Å². The zero-order valence-corrected chi connectivity index (χ0v) is 16.0. The second-order valence-corrected chi connectivity index (χ2v) is 6.90. The van der Waals surface area contributed by atoms with Gasteiger partial charge in [0.2, 0.25) is 0 Å². The van der Waals surface area contributed by atoms with Gasteiger partial charge in [-0.05, 0) is 35.4 Å². The number of hydrogen-bond acceptors (Lipinski definition) is 5. The van der Waals surface area contributed by atoms with E-state index in [0.29, 0.717) is 31.0 Å². The molecule has 0 bridgehead atoms. The van der Waals surface area contributed by atoms with Crippen molar-refractivity contribution in [2.24, 2.45) is 0 Å². The Kier molecular flexibility index (Phi) is 6.13. The third kappa shape index (κ3) is 4.35. The third-order valence-electron chi connectivity index (χ3n) is 4.23. The zero-order chi connectivity index (χ0) is 18.5. The minimum Gasteiger partial charge on any atom is -0.504 e. The fourth-order valence-corrected chi connectivity index (χ4v) is 3.26. The van der Waals surface area contributed by atoms with Gasteiger partial charge < -0.3 is 25.2 Å². The lowest BCUT2D eigenvalue weighted by Gasteiger charge is -2.25.